The summed E-state index contributed by atoms with van der Waals surface area (Å²) in [4.78, 5) is 10.6. The molecule has 0 radical (unpaired) electrons. The summed E-state index contributed by atoms with van der Waals surface area (Å²) in [5.41, 5.74) is 6.58. The topological polar surface area (TPSA) is 64.3 Å². The molecule has 5 nitrogen and oxygen atoms in total. The van der Waals surface area contributed by atoms with Crippen molar-refractivity contribution in [3.8, 4) is 5.88 Å². The van der Waals surface area contributed by atoms with Gasteiger partial charge in [0.25, 0.3) is 0 Å². The highest BCUT2D eigenvalue weighted by atomic mass is 16.5. The molecule has 0 amide bonds. The second-order valence-electron chi connectivity index (χ2n) is 4.67. The van der Waals surface area contributed by atoms with E-state index in [2.05, 4.69) is 28.7 Å². The molecular weight excluding hydrogens is 216 g/mol. The van der Waals surface area contributed by atoms with E-state index in [4.69, 9.17) is 10.5 Å². The predicted octanol–water partition coefficient (Wildman–Crippen LogP) is 1.69. The maximum Gasteiger partial charge on any atom is 0.242 e. The maximum absolute atomic E-state index is 6.04. The van der Waals surface area contributed by atoms with E-state index in [0.29, 0.717) is 23.5 Å². The zero-order chi connectivity index (χ0) is 12.4. The van der Waals surface area contributed by atoms with Crippen LogP contribution in [0.2, 0.25) is 0 Å². The summed E-state index contributed by atoms with van der Waals surface area (Å²) in [6.07, 6.45) is 3.95. The van der Waals surface area contributed by atoms with Gasteiger partial charge in [0.1, 0.15) is 12.0 Å². The van der Waals surface area contributed by atoms with Crippen LogP contribution in [0.3, 0.4) is 0 Å². The van der Waals surface area contributed by atoms with Crippen LogP contribution < -0.4 is 15.4 Å². The van der Waals surface area contributed by atoms with Crippen molar-refractivity contribution >= 4 is 11.5 Å². The van der Waals surface area contributed by atoms with Gasteiger partial charge in [0, 0.05) is 12.6 Å². The molecule has 2 unspecified atom stereocenters. The summed E-state index contributed by atoms with van der Waals surface area (Å²) in [6, 6.07) is 0.450. The van der Waals surface area contributed by atoms with E-state index in [9.17, 15) is 0 Å². The SMILES string of the molecule is COc1ncnc(N2CCCC(C)C2C)c1N. The molecule has 2 atom stereocenters. The number of anilines is 2. The third-order valence-corrected chi connectivity index (χ3v) is 3.67. The predicted molar refractivity (Wildman–Crippen MR) is 68.2 cm³/mol. The quantitative estimate of drug-likeness (QED) is 0.846. The van der Waals surface area contributed by atoms with Crippen LogP contribution >= 0.6 is 0 Å². The number of aromatic nitrogens is 2. The Kier molecular flexibility index (Phi) is 3.36. The first-order valence-corrected chi connectivity index (χ1v) is 6.06. The van der Waals surface area contributed by atoms with Crippen LogP contribution in [0, 0.1) is 5.92 Å². The lowest BCUT2D eigenvalue weighted by atomic mass is 9.92. The normalized spacial score (nSPS) is 24.8. The van der Waals surface area contributed by atoms with E-state index in [1.54, 1.807) is 7.11 Å². The van der Waals surface area contributed by atoms with Gasteiger partial charge in [-0.25, -0.2) is 4.98 Å². The van der Waals surface area contributed by atoms with Crippen LogP contribution in [-0.4, -0.2) is 29.7 Å². The first-order valence-electron chi connectivity index (χ1n) is 6.06. The monoisotopic (exact) mass is 236 g/mol. The van der Waals surface area contributed by atoms with E-state index < -0.39 is 0 Å². The van der Waals surface area contributed by atoms with Crippen molar-refractivity contribution in [2.75, 3.05) is 24.3 Å². The minimum Gasteiger partial charge on any atom is -0.479 e. The molecule has 2 N–H and O–H groups in total. The van der Waals surface area contributed by atoms with Crippen LogP contribution in [0.25, 0.3) is 0 Å². The first-order chi connectivity index (χ1) is 8.15. The van der Waals surface area contributed by atoms with Crippen LogP contribution in [0.1, 0.15) is 26.7 Å². The first kappa shape index (κ1) is 12.0. The number of nitrogen functional groups attached to an aromatic ring is 1. The van der Waals surface area contributed by atoms with Crippen LogP contribution in [0.4, 0.5) is 11.5 Å². The molecule has 2 rings (SSSR count). The third-order valence-electron chi connectivity index (χ3n) is 3.67. The highest BCUT2D eigenvalue weighted by Gasteiger charge is 2.27. The molecule has 1 saturated heterocycles. The molecular formula is C12H20N4O. The number of methoxy groups -OCH3 is 1. The number of nitrogens with zero attached hydrogens (tertiary/aromatic N) is 3. The van der Waals surface area contributed by atoms with Gasteiger partial charge < -0.3 is 15.4 Å². The average molecular weight is 236 g/mol. The van der Waals surface area contributed by atoms with Gasteiger partial charge in [0.15, 0.2) is 5.82 Å². The minimum atomic E-state index is 0.450. The summed E-state index contributed by atoms with van der Waals surface area (Å²) in [5.74, 6) is 1.92. The highest BCUT2D eigenvalue weighted by Crippen LogP contribution is 2.33. The van der Waals surface area contributed by atoms with Crippen molar-refractivity contribution in [2.45, 2.75) is 32.7 Å². The maximum atomic E-state index is 6.04. The van der Waals surface area contributed by atoms with E-state index >= 15 is 0 Å². The van der Waals surface area contributed by atoms with E-state index in [-0.39, 0.29) is 0 Å². The number of nitrogens with two attached hydrogens (primary N) is 1. The summed E-state index contributed by atoms with van der Waals surface area (Å²) in [7, 11) is 1.57. The summed E-state index contributed by atoms with van der Waals surface area (Å²) < 4.78 is 5.14. The summed E-state index contributed by atoms with van der Waals surface area (Å²) in [6.45, 7) is 5.49. The van der Waals surface area contributed by atoms with Gasteiger partial charge in [-0.1, -0.05) is 6.92 Å². The molecule has 0 aromatic carbocycles. The number of rotatable bonds is 2. The van der Waals surface area contributed by atoms with Crippen molar-refractivity contribution in [1.29, 1.82) is 0 Å². The van der Waals surface area contributed by atoms with E-state index in [1.807, 2.05) is 0 Å². The van der Waals surface area contributed by atoms with Gasteiger partial charge in [-0.05, 0) is 25.7 Å². The van der Waals surface area contributed by atoms with E-state index in [1.165, 1.54) is 19.2 Å². The molecule has 1 aliphatic rings. The molecule has 1 fully saturated rings. The zero-order valence-electron chi connectivity index (χ0n) is 10.7. The van der Waals surface area contributed by atoms with Gasteiger partial charge in [0.05, 0.1) is 7.11 Å². The fraction of sp³-hybridized carbons (Fsp3) is 0.667. The lowest BCUT2D eigenvalue weighted by Gasteiger charge is -2.39. The fourth-order valence-corrected chi connectivity index (χ4v) is 2.40. The van der Waals surface area contributed by atoms with Gasteiger partial charge >= 0.3 is 0 Å². The molecule has 0 bridgehead atoms. The standard InChI is InChI=1S/C12H20N4O/c1-8-5-4-6-16(9(8)2)11-10(13)12(17-3)15-7-14-11/h7-9H,4-6,13H2,1-3H3. The van der Waals surface area contributed by atoms with Crippen LogP contribution in [0.5, 0.6) is 5.88 Å². The van der Waals surface area contributed by atoms with Crippen LogP contribution in [0.15, 0.2) is 6.33 Å². The summed E-state index contributed by atoms with van der Waals surface area (Å²) in [5, 5.41) is 0. The molecule has 5 heteroatoms. The van der Waals surface area contributed by atoms with Crippen molar-refractivity contribution < 1.29 is 4.74 Å². The molecule has 1 aromatic heterocycles. The van der Waals surface area contributed by atoms with Gasteiger partial charge in [-0.2, -0.15) is 4.98 Å². The van der Waals surface area contributed by atoms with Crippen LogP contribution in [-0.2, 0) is 0 Å². The number of piperidine rings is 1. The lowest BCUT2D eigenvalue weighted by Crippen LogP contribution is -2.43. The Morgan fingerprint density at radius 1 is 1.41 bits per heavy atom. The van der Waals surface area contributed by atoms with Gasteiger partial charge in [-0.3, -0.25) is 0 Å². The smallest absolute Gasteiger partial charge is 0.242 e. The minimum absolute atomic E-state index is 0.450. The molecule has 1 aliphatic heterocycles. The Morgan fingerprint density at radius 3 is 2.88 bits per heavy atom. The van der Waals surface area contributed by atoms with Gasteiger partial charge in [-0.15, -0.1) is 0 Å². The third kappa shape index (κ3) is 2.14. The number of ether oxygens (including phenoxy) is 1. The van der Waals surface area contributed by atoms with Crippen molar-refractivity contribution in [2.24, 2.45) is 5.92 Å². The second kappa shape index (κ2) is 4.77. The Labute approximate surface area is 102 Å². The fourth-order valence-electron chi connectivity index (χ4n) is 2.40. The summed E-state index contributed by atoms with van der Waals surface area (Å²) >= 11 is 0. The largest absolute Gasteiger partial charge is 0.479 e. The number of hydrogen-bond donors (Lipinski definition) is 1. The zero-order valence-corrected chi connectivity index (χ0v) is 10.7. The molecule has 2 heterocycles. The lowest BCUT2D eigenvalue weighted by molar-refractivity contribution is 0.360. The Balaban J connectivity index is 2.33. The molecule has 17 heavy (non-hydrogen) atoms. The average Bonchev–Trinajstić information content (AvgIpc) is 2.33. The number of hydrogen-bond acceptors (Lipinski definition) is 5. The van der Waals surface area contributed by atoms with Gasteiger partial charge in [0.2, 0.25) is 5.88 Å². The Morgan fingerprint density at radius 2 is 2.18 bits per heavy atom. The molecule has 1 aromatic rings. The Bertz CT molecular complexity index is 396. The van der Waals surface area contributed by atoms with Crippen molar-refractivity contribution in [3.05, 3.63) is 6.33 Å². The van der Waals surface area contributed by atoms with Crippen molar-refractivity contribution in [1.82, 2.24) is 9.97 Å². The second-order valence-corrected chi connectivity index (χ2v) is 4.67. The van der Waals surface area contributed by atoms with E-state index in [0.717, 1.165) is 12.4 Å². The molecule has 0 spiro atoms. The highest BCUT2D eigenvalue weighted by molar-refractivity contribution is 5.68. The van der Waals surface area contributed by atoms with Crippen molar-refractivity contribution in [3.63, 3.8) is 0 Å². The molecule has 0 aliphatic carbocycles. The molecule has 94 valence electrons. The molecule has 0 saturated carbocycles. The Hall–Kier alpha value is -1.52.